The number of rotatable bonds is 5. The predicted octanol–water partition coefficient (Wildman–Crippen LogP) is 4.64. The van der Waals surface area contributed by atoms with Crippen LogP contribution in [-0.4, -0.2) is 35.7 Å². The van der Waals surface area contributed by atoms with Crippen molar-refractivity contribution in [2.24, 2.45) is 0 Å². The molecule has 24 heavy (non-hydrogen) atoms. The third-order valence-electron chi connectivity index (χ3n) is 4.84. The van der Waals surface area contributed by atoms with Crippen molar-refractivity contribution < 1.29 is 4.39 Å². The van der Waals surface area contributed by atoms with Gasteiger partial charge < -0.3 is 0 Å². The number of pyridine rings is 1. The first kappa shape index (κ1) is 15.7. The molecular formula is C20H21FN2S. The van der Waals surface area contributed by atoms with Crippen molar-refractivity contribution in [2.45, 2.75) is 25.4 Å². The highest BCUT2D eigenvalue weighted by Crippen LogP contribution is 2.38. The van der Waals surface area contributed by atoms with Gasteiger partial charge in [0.15, 0.2) is 0 Å². The van der Waals surface area contributed by atoms with E-state index in [0.717, 1.165) is 18.7 Å². The van der Waals surface area contributed by atoms with Crippen LogP contribution in [0.25, 0.3) is 10.1 Å². The number of fused-ring (bicyclic) bond motifs is 1. The molecule has 1 aliphatic heterocycles. The largest absolute Gasteiger partial charge is 0.297 e. The van der Waals surface area contributed by atoms with E-state index in [-0.39, 0.29) is 5.92 Å². The predicted molar refractivity (Wildman–Crippen MR) is 98.6 cm³/mol. The number of benzene rings is 1. The minimum absolute atomic E-state index is 0.266. The molecule has 0 aliphatic carbocycles. The van der Waals surface area contributed by atoms with Crippen molar-refractivity contribution in [3.63, 3.8) is 0 Å². The standard InChI is InChI=1S/C20H21FN2S/c1-14(17-7-4-5-10-22-17)20-16-6-2-3-8-18(16)24-19(20)9-11-23-12-15(21)13-23/h2-8,10,14-15H,9,11-13H2,1H3/t14-/m0/s1. The van der Waals surface area contributed by atoms with Gasteiger partial charge in [-0.25, -0.2) is 4.39 Å². The second-order valence-corrected chi connectivity index (χ2v) is 7.65. The number of alkyl halides is 1. The molecule has 124 valence electrons. The molecule has 0 spiro atoms. The van der Waals surface area contributed by atoms with E-state index >= 15 is 0 Å². The summed E-state index contributed by atoms with van der Waals surface area (Å²) in [5.74, 6) is 0.266. The van der Waals surface area contributed by atoms with Gasteiger partial charge in [-0.1, -0.05) is 31.2 Å². The molecule has 0 bridgehead atoms. The molecule has 1 aliphatic rings. The van der Waals surface area contributed by atoms with Crippen LogP contribution in [0.15, 0.2) is 48.7 Å². The first-order chi connectivity index (χ1) is 11.7. The Balaban J connectivity index is 1.67. The summed E-state index contributed by atoms with van der Waals surface area (Å²) < 4.78 is 14.4. The number of thiophene rings is 1. The Hall–Kier alpha value is -1.78. The molecule has 1 atom stereocenters. The number of nitrogens with zero attached hydrogens (tertiary/aromatic N) is 2. The number of hydrogen-bond donors (Lipinski definition) is 0. The quantitative estimate of drug-likeness (QED) is 0.672. The molecule has 1 saturated heterocycles. The fourth-order valence-electron chi connectivity index (χ4n) is 3.51. The lowest BCUT2D eigenvalue weighted by molar-refractivity contribution is 0.0672. The van der Waals surface area contributed by atoms with Gasteiger partial charge in [0, 0.05) is 47.0 Å². The van der Waals surface area contributed by atoms with Crippen molar-refractivity contribution in [1.82, 2.24) is 9.88 Å². The highest BCUT2D eigenvalue weighted by atomic mass is 32.1. The third-order valence-corrected chi connectivity index (χ3v) is 6.09. The van der Waals surface area contributed by atoms with Crippen LogP contribution in [-0.2, 0) is 6.42 Å². The maximum absolute atomic E-state index is 13.0. The van der Waals surface area contributed by atoms with Crippen molar-refractivity contribution in [3.8, 4) is 0 Å². The Labute approximate surface area is 146 Å². The first-order valence-electron chi connectivity index (χ1n) is 8.50. The summed E-state index contributed by atoms with van der Waals surface area (Å²) in [5.41, 5.74) is 2.50. The summed E-state index contributed by atoms with van der Waals surface area (Å²) in [6.07, 6.45) is 2.22. The Kier molecular flexibility index (Phi) is 4.33. The molecule has 0 N–H and O–H groups in total. The summed E-state index contributed by atoms with van der Waals surface area (Å²) in [6, 6.07) is 14.7. The first-order valence-corrected chi connectivity index (χ1v) is 9.31. The summed E-state index contributed by atoms with van der Waals surface area (Å²) in [7, 11) is 0. The lowest BCUT2D eigenvalue weighted by Crippen LogP contribution is -2.48. The molecule has 0 amide bonds. The maximum atomic E-state index is 13.0. The van der Waals surface area contributed by atoms with Crippen LogP contribution in [0.1, 0.15) is 29.0 Å². The highest BCUT2D eigenvalue weighted by Gasteiger charge is 2.26. The third kappa shape index (κ3) is 2.96. The second kappa shape index (κ2) is 6.61. The van der Waals surface area contributed by atoms with Crippen molar-refractivity contribution in [2.75, 3.05) is 19.6 Å². The molecule has 2 aromatic heterocycles. The van der Waals surface area contributed by atoms with E-state index in [0.29, 0.717) is 13.1 Å². The van der Waals surface area contributed by atoms with Gasteiger partial charge >= 0.3 is 0 Å². The van der Waals surface area contributed by atoms with Crippen LogP contribution < -0.4 is 0 Å². The molecule has 0 unspecified atom stereocenters. The highest BCUT2D eigenvalue weighted by molar-refractivity contribution is 7.19. The van der Waals surface area contributed by atoms with Crippen molar-refractivity contribution in [1.29, 1.82) is 0 Å². The topological polar surface area (TPSA) is 16.1 Å². The Morgan fingerprint density at radius 1 is 1.21 bits per heavy atom. The van der Waals surface area contributed by atoms with E-state index in [1.54, 1.807) is 0 Å². The number of likely N-dealkylation sites (tertiary alicyclic amines) is 1. The number of halogens is 1. The fourth-order valence-corrected chi connectivity index (χ4v) is 4.80. The molecule has 3 aromatic rings. The van der Waals surface area contributed by atoms with Gasteiger partial charge in [-0.15, -0.1) is 11.3 Å². The Morgan fingerprint density at radius 2 is 2.00 bits per heavy atom. The van der Waals surface area contributed by atoms with E-state index in [2.05, 4.69) is 53.2 Å². The van der Waals surface area contributed by atoms with E-state index in [1.807, 2.05) is 23.6 Å². The van der Waals surface area contributed by atoms with E-state index in [1.165, 1.54) is 20.5 Å². The van der Waals surface area contributed by atoms with Crippen molar-refractivity contribution >= 4 is 21.4 Å². The van der Waals surface area contributed by atoms with E-state index < -0.39 is 6.17 Å². The van der Waals surface area contributed by atoms with Gasteiger partial charge in [-0.2, -0.15) is 0 Å². The molecule has 4 rings (SSSR count). The molecule has 2 nitrogen and oxygen atoms in total. The molecule has 3 heterocycles. The molecule has 0 radical (unpaired) electrons. The van der Waals surface area contributed by atoms with Crippen molar-refractivity contribution in [3.05, 3.63) is 64.8 Å². The summed E-state index contributed by atoms with van der Waals surface area (Å²) in [5, 5.41) is 1.34. The normalized spacial score (nSPS) is 17.1. The second-order valence-electron chi connectivity index (χ2n) is 6.52. The summed E-state index contributed by atoms with van der Waals surface area (Å²) >= 11 is 1.88. The SMILES string of the molecule is C[C@@H](c1ccccn1)c1c(CCN2CC(F)C2)sc2ccccc12. The van der Waals surface area contributed by atoms with Crippen LogP contribution in [0.3, 0.4) is 0 Å². The van der Waals surface area contributed by atoms with Crippen LogP contribution in [0.5, 0.6) is 0 Å². The van der Waals surface area contributed by atoms with Gasteiger partial charge in [0.2, 0.25) is 0 Å². The Morgan fingerprint density at radius 3 is 2.75 bits per heavy atom. The fraction of sp³-hybridized carbons (Fsp3) is 0.350. The van der Waals surface area contributed by atoms with E-state index in [4.69, 9.17) is 0 Å². The zero-order valence-corrected chi connectivity index (χ0v) is 14.6. The van der Waals surface area contributed by atoms with Gasteiger partial charge in [0.1, 0.15) is 6.17 Å². The minimum atomic E-state index is -0.626. The monoisotopic (exact) mass is 340 g/mol. The van der Waals surface area contributed by atoms with Crippen LogP contribution in [0, 0.1) is 0 Å². The van der Waals surface area contributed by atoms with Gasteiger partial charge in [0.25, 0.3) is 0 Å². The smallest absolute Gasteiger partial charge is 0.125 e. The number of aromatic nitrogens is 1. The molecule has 1 fully saturated rings. The lowest BCUT2D eigenvalue weighted by Gasteiger charge is -2.34. The van der Waals surface area contributed by atoms with Gasteiger partial charge in [0.05, 0.1) is 0 Å². The molecule has 1 aromatic carbocycles. The van der Waals surface area contributed by atoms with Gasteiger partial charge in [-0.05, 0) is 35.6 Å². The zero-order valence-electron chi connectivity index (χ0n) is 13.8. The van der Waals surface area contributed by atoms with Crippen LogP contribution in [0.4, 0.5) is 4.39 Å². The average Bonchev–Trinajstić information content (AvgIpc) is 2.96. The number of hydrogen-bond acceptors (Lipinski definition) is 3. The van der Waals surface area contributed by atoms with E-state index in [9.17, 15) is 4.39 Å². The molecule has 4 heteroatoms. The minimum Gasteiger partial charge on any atom is -0.297 e. The molecule has 0 saturated carbocycles. The summed E-state index contributed by atoms with van der Waals surface area (Å²) in [4.78, 5) is 8.17. The van der Waals surface area contributed by atoms with Crippen LogP contribution >= 0.6 is 11.3 Å². The summed E-state index contributed by atoms with van der Waals surface area (Å²) in [6.45, 7) is 4.36. The van der Waals surface area contributed by atoms with Crippen LogP contribution in [0.2, 0.25) is 0 Å². The Bertz CT molecular complexity index is 824. The maximum Gasteiger partial charge on any atom is 0.125 e. The van der Waals surface area contributed by atoms with Gasteiger partial charge in [-0.3, -0.25) is 9.88 Å². The molecular weight excluding hydrogens is 319 g/mol. The average molecular weight is 340 g/mol. The lowest BCUT2D eigenvalue weighted by atomic mass is 9.93. The zero-order chi connectivity index (χ0) is 16.5.